The highest BCUT2D eigenvalue weighted by Crippen LogP contribution is 2.22. The van der Waals surface area contributed by atoms with E-state index in [1.54, 1.807) is 24.3 Å². The first-order valence-electron chi connectivity index (χ1n) is 8.87. The Kier molecular flexibility index (Phi) is 5.53. The maximum absolute atomic E-state index is 13.0. The largest absolute Gasteiger partial charge is 0.451 e. The summed E-state index contributed by atoms with van der Waals surface area (Å²) in [6.45, 7) is 8.20. The number of halogens is 1. The van der Waals surface area contributed by atoms with Crippen LogP contribution in [0.5, 0.6) is 0 Å². The van der Waals surface area contributed by atoms with Gasteiger partial charge in [-0.2, -0.15) is 0 Å². The van der Waals surface area contributed by atoms with Crippen molar-refractivity contribution in [3.05, 3.63) is 48.0 Å². The van der Waals surface area contributed by atoms with E-state index in [0.717, 1.165) is 25.2 Å². The van der Waals surface area contributed by atoms with E-state index >= 15 is 0 Å². The molecule has 0 saturated carbocycles. The summed E-state index contributed by atoms with van der Waals surface area (Å²) in [7, 11) is 0. The third-order valence-corrected chi connectivity index (χ3v) is 4.62. The predicted octanol–water partition coefficient (Wildman–Crippen LogP) is 3.79. The molecule has 134 valence electrons. The van der Waals surface area contributed by atoms with Crippen molar-refractivity contribution < 1.29 is 13.6 Å². The summed E-state index contributed by atoms with van der Waals surface area (Å²) in [6.07, 6.45) is 1.28. The van der Waals surface area contributed by atoms with Crippen molar-refractivity contribution in [3.8, 4) is 11.3 Å². The second-order valence-electron chi connectivity index (χ2n) is 7.13. The Hall–Kier alpha value is -2.14. The number of amides is 1. The minimum Gasteiger partial charge on any atom is -0.451 e. The maximum atomic E-state index is 13.0. The van der Waals surface area contributed by atoms with Crippen LogP contribution in [0.2, 0.25) is 0 Å². The van der Waals surface area contributed by atoms with Gasteiger partial charge >= 0.3 is 0 Å². The van der Waals surface area contributed by atoms with Gasteiger partial charge in [-0.1, -0.05) is 13.8 Å². The van der Waals surface area contributed by atoms with Crippen LogP contribution in [-0.2, 0) is 0 Å². The highest BCUT2D eigenvalue weighted by atomic mass is 19.1. The van der Waals surface area contributed by atoms with Gasteiger partial charge in [0.25, 0.3) is 5.91 Å². The number of carbonyl (C=O) groups is 1. The van der Waals surface area contributed by atoms with E-state index in [9.17, 15) is 9.18 Å². The minimum atomic E-state index is -0.297. The fourth-order valence-corrected chi connectivity index (χ4v) is 3.62. The molecular formula is C20H25FN2O2. The normalized spacial score (nSPS) is 21.2. The van der Waals surface area contributed by atoms with E-state index < -0.39 is 0 Å². The molecule has 1 saturated heterocycles. The van der Waals surface area contributed by atoms with Crippen LogP contribution in [0, 0.1) is 17.7 Å². The molecule has 1 fully saturated rings. The molecule has 0 bridgehead atoms. The standard InChI is InChI=1S/C20H25FN2O2/c1-14-11-15(2)13-23(12-14)10-9-22-20(24)19-8-7-18(25-19)16-3-5-17(21)6-4-16/h3-8,14-15H,9-13H2,1-2H3,(H,22,24)/t14-,15-/m1/s1. The topological polar surface area (TPSA) is 45.5 Å². The molecule has 1 aliphatic heterocycles. The summed E-state index contributed by atoms with van der Waals surface area (Å²) < 4.78 is 18.6. The van der Waals surface area contributed by atoms with Gasteiger partial charge in [0.05, 0.1) is 0 Å². The summed E-state index contributed by atoms with van der Waals surface area (Å²) >= 11 is 0. The van der Waals surface area contributed by atoms with Crippen LogP contribution in [0.15, 0.2) is 40.8 Å². The molecule has 0 unspecified atom stereocenters. The van der Waals surface area contributed by atoms with Gasteiger partial charge in [-0.25, -0.2) is 4.39 Å². The minimum absolute atomic E-state index is 0.216. The Morgan fingerprint density at radius 1 is 1.16 bits per heavy atom. The zero-order valence-electron chi connectivity index (χ0n) is 14.8. The average Bonchev–Trinajstić information content (AvgIpc) is 3.04. The average molecular weight is 344 g/mol. The molecule has 5 heteroatoms. The summed E-state index contributed by atoms with van der Waals surface area (Å²) in [5.74, 6) is 1.75. The highest BCUT2D eigenvalue weighted by Gasteiger charge is 2.21. The maximum Gasteiger partial charge on any atom is 0.287 e. The van der Waals surface area contributed by atoms with E-state index in [1.165, 1.54) is 18.6 Å². The number of likely N-dealkylation sites (tertiary alicyclic amines) is 1. The van der Waals surface area contributed by atoms with Gasteiger partial charge in [0.2, 0.25) is 0 Å². The highest BCUT2D eigenvalue weighted by molar-refractivity contribution is 5.92. The van der Waals surface area contributed by atoms with Crippen LogP contribution in [0.4, 0.5) is 4.39 Å². The molecule has 25 heavy (non-hydrogen) atoms. The lowest BCUT2D eigenvalue weighted by Gasteiger charge is -2.34. The molecule has 4 nitrogen and oxygen atoms in total. The van der Waals surface area contributed by atoms with Gasteiger partial charge in [-0.15, -0.1) is 0 Å². The van der Waals surface area contributed by atoms with Gasteiger partial charge in [0, 0.05) is 31.7 Å². The second-order valence-corrected chi connectivity index (χ2v) is 7.13. The molecule has 2 heterocycles. The van der Waals surface area contributed by atoms with Crippen molar-refractivity contribution in [1.29, 1.82) is 0 Å². The summed E-state index contributed by atoms with van der Waals surface area (Å²) in [5, 5.41) is 2.92. The number of nitrogens with zero attached hydrogens (tertiary/aromatic N) is 1. The zero-order chi connectivity index (χ0) is 17.8. The number of hydrogen-bond acceptors (Lipinski definition) is 3. The lowest BCUT2D eigenvalue weighted by atomic mass is 9.92. The van der Waals surface area contributed by atoms with Crippen molar-refractivity contribution >= 4 is 5.91 Å². The first kappa shape index (κ1) is 17.7. The quantitative estimate of drug-likeness (QED) is 0.897. The Balaban J connectivity index is 1.51. The van der Waals surface area contributed by atoms with Crippen LogP contribution in [0.3, 0.4) is 0 Å². The zero-order valence-corrected chi connectivity index (χ0v) is 14.8. The van der Waals surface area contributed by atoms with Crippen LogP contribution in [-0.4, -0.2) is 37.0 Å². The molecule has 2 atom stereocenters. The van der Waals surface area contributed by atoms with Crippen LogP contribution in [0.1, 0.15) is 30.8 Å². The SMILES string of the molecule is C[C@@H]1C[C@@H](C)CN(CCNC(=O)c2ccc(-c3ccc(F)cc3)o2)C1. The van der Waals surface area contributed by atoms with Crippen molar-refractivity contribution in [2.24, 2.45) is 11.8 Å². The number of carbonyl (C=O) groups excluding carboxylic acids is 1. The fraction of sp³-hybridized carbons (Fsp3) is 0.450. The molecule has 1 aliphatic rings. The van der Waals surface area contributed by atoms with Crippen molar-refractivity contribution in [1.82, 2.24) is 10.2 Å². The van der Waals surface area contributed by atoms with Crippen LogP contribution >= 0.6 is 0 Å². The smallest absolute Gasteiger partial charge is 0.287 e. The summed E-state index contributed by atoms with van der Waals surface area (Å²) in [5.41, 5.74) is 0.747. The van der Waals surface area contributed by atoms with E-state index in [1.807, 2.05) is 0 Å². The number of benzene rings is 1. The monoisotopic (exact) mass is 344 g/mol. The van der Waals surface area contributed by atoms with E-state index in [-0.39, 0.29) is 17.5 Å². The van der Waals surface area contributed by atoms with E-state index in [2.05, 4.69) is 24.1 Å². The lowest BCUT2D eigenvalue weighted by Crippen LogP contribution is -2.42. The first-order chi connectivity index (χ1) is 12.0. The lowest BCUT2D eigenvalue weighted by molar-refractivity contribution is 0.0910. The Morgan fingerprint density at radius 3 is 2.52 bits per heavy atom. The van der Waals surface area contributed by atoms with E-state index in [0.29, 0.717) is 24.1 Å². The van der Waals surface area contributed by atoms with Gasteiger partial charge in [0.15, 0.2) is 5.76 Å². The van der Waals surface area contributed by atoms with Crippen LogP contribution in [0.25, 0.3) is 11.3 Å². The Labute approximate surface area is 148 Å². The van der Waals surface area contributed by atoms with Gasteiger partial charge < -0.3 is 14.6 Å². The van der Waals surface area contributed by atoms with Crippen molar-refractivity contribution in [3.63, 3.8) is 0 Å². The number of furan rings is 1. The molecule has 0 spiro atoms. The second kappa shape index (κ2) is 7.83. The molecule has 1 aromatic carbocycles. The third kappa shape index (κ3) is 4.69. The Morgan fingerprint density at radius 2 is 1.84 bits per heavy atom. The summed E-state index contributed by atoms with van der Waals surface area (Å²) in [6, 6.07) is 9.40. The number of hydrogen-bond donors (Lipinski definition) is 1. The number of piperidine rings is 1. The third-order valence-electron chi connectivity index (χ3n) is 4.62. The number of nitrogens with one attached hydrogen (secondary N) is 1. The molecule has 0 radical (unpaired) electrons. The van der Waals surface area contributed by atoms with Gasteiger partial charge in [-0.3, -0.25) is 4.79 Å². The fourth-order valence-electron chi connectivity index (χ4n) is 3.62. The van der Waals surface area contributed by atoms with Crippen molar-refractivity contribution in [2.75, 3.05) is 26.2 Å². The molecule has 1 N–H and O–H groups in total. The first-order valence-corrected chi connectivity index (χ1v) is 8.87. The van der Waals surface area contributed by atoms with Crippen LogP contribution < -0.4 is 5.32 Å². The molecular weight excluding hydrogens is 319 g/mol. The van der Waals surface area contributed by atoms with Gasteiger partial charge in [0.1, 0.15) is 11.6 Å². The summed E-state index contributed by atoms with van der Waals surface area (Å²) in [4.78, 5) is 14.6. The van der Waals surface area contributed by atoms with Gasteiger partial charge in [-0.05, 0) is 54.7 Å². The molecule has 1 aromatic heterocycles. The molecule has 1 amide bonds. The molecule has 2 aromatic rings. The number of rotatable bonds is 5. The molecule has 0 aliphatic carbocycles. The Bertz CT molecular complexity index is 701. The predicted molar refractivity (Wildman–Crippen MR) is 95.8 cm³/mol. The van der Waals surface area contributed by atoms with E-state index in [4.69, 9.17) is 4.42 Å². The van der Waals surface area contributed by atoms with Crippen molar-refractivity contribution in [2.45, 2.75) is 20.3 Å². The molecule has 3 rings (SSSR count).